The molecule has 0 rings (SSSR count). The molecule has 0 N–H and O–H groups in total. The zero-order valence-electron chi connectivity index (χ0n) is 9.52. The maximum atomic E-state index is 4.06. The van der Waals surface area contributed by atoms with Gasteiger partial charge in [0.15, 0.2) is 0 Å². The van der Waals surface area contributed by atoms with Crippen LogP contribution in [-0.2, 0) is 0 Å². The van der Waals surface area contributed by atoms with Gasteiger partial charge in [-0.25, -0.2) is 0 Å². The Morgan fingerprint density at radius 1 is 1.25 bits per heavy atom. The summed E-state index contributed by atoms with van der Waals surface area (Å²) in [4.78, 5) is 2.36. The molecule has 0 radical (unpaired) electrons. The normalized spacial score (nSPS) is 11.5. The predicted molar refractivity (Wildman–Crippen MR) is 51.2 cm³/mol. The zero-order chi connectivity index (χ0) is 8.91. The Labute approximate surface area is 126 Å². The second-order valence-corrected chi connectivity index (χ2v) is 3.99. The molecule has 0 spiro atoms. The van der Waals surface area contributed by atoms with Gasteiger partial charge in [0.05, 0.1) is 0 Å². The van der Waals surface area contributed by atoms with Gasteiger partial charge >= 0.3 is 58.2 Å². The fraction of sp³-hybridized carbons (Fsp3) is 1.00. The molecule has 0 atom stereocenters. The molecule has 0 aromatic heterocycles. The Kier molecular flexibility index (Phi) is 10.9. The molecule has 0 fully saturated rings. The van der Waals surface area contributed by atoms with Gasteiger partial charge in [-0.2, -0.15) is 7.05 Å². The van der Waals surface area contributed by atoms with E-state index in [2.05, 4.69) is 38.0 Å². The summed E-state index contributed by atoms with van der Waals surface area (Å²) in [5, 5.41) is 4.06. The van der Waals surface area contributed by atoms with Crippen molar-refractivity contribution in [2.75, 3.05) is 27.2 Å². The summed E-state index contributed by atoms with van der Waals surface area (Å²) in [5.41, 5.74) is 0.299. The fourth-order valence-corrected chi connectivity index (χ4v) is 0.801. The quantitative estimate of drug-likeness (QED) is 0.585. The van der Waals surface area contributed by atoms with Crippen molar-refractivity contribution in [2.45, 2.75) is 32.7 Å². The molecule has 12 heavy (non-hydrogen) atoms. The van der Waals surface area contributed by atoms with E-state index in [4.69, 9.17) is 0 Å². The molecule has 68 valence electrons. The Morgan fingerprint density at radius 2 is 1.75 bits per heavy atom. The minimum absolute atomic E-state index is 0. The Hall–Kier alpha value is 1.73. The van der Waals surface area contributed by atoms with E-state index in [1.807, 2.05) is 7.05 Å². The van der Waals surface area contributed by atoms with Crippen molar-refractivity contribution in [3.63, 3.8) is 0 Å². The monoisotopic (exact) mass is 242 g/mol. The van der Waals surface area contributed by atoms with E-state index in [0.717, 1.165) is 13.1 Å². The van der Waals surface area contributed by atoms with Crippen LogP contribution in [0.3, 0.4) is 0 Å². The average Bonchev–Trinajstić information content (AvgIpc) is 1.86. The Balaban J connectivity index is 0. The van der Waals surface area contributed by atoms with Crippen molar-refractivity contribution in [1.82, 2.24) is 4.90 Å². The third kappa shape index (κ3) is 8.33. The molecule has 0 aromatic rings. The molecule has 0 saturated heterocycles. The van der Waals surface area contributed by atoms with Gasteiger partial charge in [-0.15, -0.1) is 6.54 Å². The standard InChI is InChI=1S/C9H21N2.Rb/c1-9(2,3)11(5)8-6-7-10-4;/h6-8H2,1-5H3;/q-1;+1. The molecule has 0 bridgehead atoms. The first kappa shape index (κ1) is 16.2. The van der Waals surface area contributed by atoms with Crippen molar-refractivity contribution in [1.29, 1.82) is 0 Å². The third-order valence-corrected chi connectivity index (χ3v) is 2.02. The molecule has 0 amide bonds. The van der Waals surface area contributed by atoms with E-state index < -0.39 is 0 Å². The molecule has 0 aliphatic carbocycles. The van der Waals surface area contributed by atoms with Crippen molar-refractivity contribution < 1.29 is 58.2 Å². The van der Waals surface area contributed by atoms with E-state index >= 15 is 0 Å². The maximum Gasteiger partial charge on any atom is 1.00 e. The van der Waals surface area contributed by atoms with Gasteiger partial charge in [-0.3, -0.25) is 0 Å². The van der Waals surface area contributed by atoms with Gasteiger partial charge < -0.3 is 10.2 Å². The van der Waals surface area contributed by atoms with Crippen LogP contribution in [0, 0.1) is 0 Å². The summed E-state index contributed by atoms with van der Waals surface area (Å²) in [5.74, 6) is 0. The van der Waals surface area contributed by atoms with Crippen LogP contribution in [0.1, 0.15) is 27.2 Å². The molecule has 0 heterocycles. The molecule has 3 heteroatoms. The summed E-state index contributed by atoms with van der Waals surface area (Å²) in [7, 11) is 4.03. The van der Waals surface area contributed by atoms with Crippen molar-refractivity contribution in [3.05, 3.63) is 5.32 Å². The number of nitrogens with zero attached hydrogens (tertiary/aromatic N) is 2. The van der Waals surface area contributed by atoms with Crippen LogP contribution in [0.5, 0.6) is 0 Å². The van der Waals surface area contributed by atoms with Gasteiger partial charge in [-0.05, 0) is 34.4 Å². The summed E-state index contributed by atoms with van der Waals surface area (Å²) < 4.78 is 0. The van der Waals surface area contributed by atoms with Gasteiger partial charge in [0, 0.05) is 5.54 Å². The topological polar surface area (TPSA) is 17.3 Å². The van der Waals surface area contributed by atoms with Gasteiger partial charge in [-0.1, -0.05) is 6.42 Å². The molecule has 0 aromatic carbocycles. The summed E-state index contributed by atoms with van der Waals surface area (Å²) in [6.45, 7) is 8.82. The fourth-order valence-electron chi connectivity index (χ4n) is 0.801. The van der Waals surface area contributed by atoms with E-state index in [9.17, 15) is 0 Å². The van der Waals surface area contributed by atoms with Gasteiger partial charge in [0.1, 0.15) is 0 Å². The summed E-state index contributed by atoms with van der Waals surface area (Å²) in [6.07, 6.45) is 1.17. The number of hydrogen-bond donors (Lipinski definition) is 0. The van der Waals surface area contributed by atoms with Crippen molar-refractivity contribution >= 4 is 0 Å². The second kappa shape index (κ2) is 8.07. The van der Waals surface area contributed by atoms with Crippen LogP contribution >= 0.6 is 0 Å². The predicted octanol–water partition coefficient (Wildman–Crippen LogP) is -0.886. The first-order valence-corrected chi connectivity index (χ1v) is 4.25. The van der Waals surface area contributed by atoms with E-state index in [-0.39, 0.29) is 58.2 Å². The van der Waals surface area contributed by atoms with Crippen LogP contribution in [0.15, 0.2) is 0 Å². The van der Waals surface area contributed by atoms with Gasteiger partial charge in [0.25, 0.3) is 0 Å². The maximum absolute atomic E-state index is 4.06. The first-order valence-electron chi connectivity index (χ1n) is 4.25. The minimum atomic E-state index is 0. The molecule has 0 aliphatic heterocycles. The zero-order valence-corrected chi connectivity index (χ0v) is 14.4. The first-order chi connectivity index (χ1) is 4.98. The Bertz CT molecular complexity index is 99.2. The Morgan fingerprint density at radius 3 is 2.08 bits per heavy atom. The summed E-state index contributed by atoms with van der Waals surface area (Å²) in [6, 6.07) is 0. The molecule has 0 unspecified atom stereocenters. The molecule has 0 saturated carbocycles. The third-order valence-electron chi connectivity index (χ3n) is 2.02. The number of rotatable bonds is 4. The molecule has 0 aliphatic rings. The second-order valence-electron chi connectivity index (χ2n) is 3.99. The average molecular weight is 243 g/mol. The molecular weight excluding hydrogens is 222 g/mol. The SMILES string of the molecule is C[N-]CCCN(C)C(C)(C)C.[Rb+]. The van der Waals surface area contributed by atoms with Crippen molar-refractivity contribution in [2.24, 2.45) is 0 Å². The van der Waals surface area contributed by atoms with Gasteiger partial charge in [0.2, 0.25) is 0 Å². The molecule has 2 nitrogen and oxygen atoms in total. The molecular formula is C9H21N2Rb. The van der Waals surface area contributed by atoms with Crippen LogP contribution < -0.4 is 58.2 Å². The van der Waals surface area contributed by atoms with Crippen LogP contribution in [0.4, 0.5) is 0 Å². The van der Waals surface area contributed by atoms with E-state index in [1.165, 1.54) is 6.42 Å². The van der Waals surface area contributed by atoms with Crippen LogP contribution in [0.2, 0.25) is 0 Å². The van der Waals surface area contributed by atoms with E-state index in [0.29, 0.717) is 5.54 Å². The van der Waals surface area contributed by atoms with Crippen LogP contribution in [-0.4, -0.2) is 37.6 Å². The van der Waals surface area contributed by atoms with E-state index in [1.54, 1.807) is 0 Å². The van der Waals surface area contributed by atoms with Crippen molar-refractivity contribution in [3.8, 4) is 0 Å². The minimum Gasteiger partial charge on any atom is -0.665 e. The summed E-state index contributed by atoms with van der Waals surface area (Å²) >= 11 is 0. The smallest absolute Gasteiger partial charge is 0.665 e. The number of hydrogen-bond acceptors (Lipinski definition) is 1. The van der Waals surface area contributed by atoms with Crippen LogP contribution in [0.25, 0.3) is 5.32 Å². The largest absolute Gasteiger partial charge is 1.00 e.